The molecule has 1 aliphatic heterocycles. The van der Waals surface area contributed by atoms with E-state index in [4.69, 9.17) is 0 Å². The molecule has 17 heavy (non-hydrogen) atoms. The first-order chi connectivity index (χ1) is 7.91. The van der Waals surface area contributed by atoms with Crippen molar-refractivity contribution < 1.29 is 22.4 Å². The van der Waals surface area contributed by atoms with Crippen molar-refractivity contribution in [2.45, 2.75) is 43.7 Å². The molecule has 1 atom stereocenters. The van der Waals surface area contributed by atoms with Crippen LogP contribution in [0, 0.1) is 0 Å². The van der Waals surface area contributed by atoms with Crippen LogP contribution in [0.2, 0.25) is 0 Å². The third-order valence-electron chi connectivity index (χ3n) is 3.19. The van der Waals surface area contributed by atoms with Crippen molar-refractivity contribution >= 4 is 5.91 Å². The molecule has 1 aliphatic carbocycles. The molecule has 1 amide bonds. The summed E-state index contributed by atoms with van der Waals surface area (Å²) in [7, 11) is 0. The Morgan fingerprint density at radius 1 is 1.29 bits per heavy atom. The van der Waals surface area contributed by atoms with Gasteiger partial charge in [0.15, 0.2) is 0 Å². The Bertz CT molecular complexity index is 307. The summed E-state index contributed by atoms with van der Waals surface area (Å²) in [5.41, 5.74) is 0. The van der Waals surface area contributed by atoms with Crippen LogP contribution in [0.3, 0.4) is 0 Å². The van der Waals surface area contributed by atoms with Gasteiger partial charge in [-0.25, -0.2) is 8.78 Å². The number of hydrogen-bond acceptors (Lipinski definition) is 2. The summed E-state index contributed by atoms with van der Waals surface area (Å²) in [6.45, 7) is 1.21. The second kappa shape index (κ2) is 4.44. The van der Waals surface area contributed by atoms with Crippen LogP contribution in [0.15, 0.2) is 0 Å². The van der Waals surface area contributed by atoms with E-state index in [2.05, 4.69) is 4.90 Å². The first kappa shape index (κ1) is 12.6. The molecule has 0 bridgehead atoms. The first-order valence-electron chi connectivity index (χ1n) is 5.62. The highest BCUT2D eigenvalue weighted by Crippen LogP contribution is 2.30. The number of nitrogens with one attached hydrogen (secondary N) is 1. The fraction of sp³-hybridized carbons (Fsp3) is 0.900. The highest BCUT2D eigenvalue weighted by molar-refractivity contribution is 5.84. The zero-order chi connectivity index (χ0) is 12.6. The van der Waals surface area contributed by atoms with Crippen molar-refractivity contribution in [2.24, 2.45) is 0 Å². The lowest BCUT2D eigenvalue weighted by atomic mass is 10.2. The molecule has 0 aromatic heterocycles. The molecule has 98 valence electrons. The number of halogens is 4. The van der Waals surface area contributed by atoms with Crippen LogP contribution in [0.1, 0.15) is 19.3 Å². The average Bonchev–Trinajstić information content (AvgIpc) is 3.00. The summed E-state index contributed by atoms with van der Waals surface area (Å²) in [6, 6.07) is 0.0558. The highest BCUT2D eigenvalue weighted by Gasteiger charge is 2.50. The topological polar surface area (TPSA) is 32.3 Å². The fourth-order valence-electron chi connectivity index (χ4n) is 2.06. The number of amides is 1. The summed E-state index contributed by atoms with van der Waals surface area (Å²) in [5.74, 6) is -6.46. The zero-order valence-electron chi connectivity index (χ0n) is 9.13. The predicted molar refractivity (Wildman–Crippen MR) is 52.1 cm³/mol. The number of likely N-dealkylation sites (tertiary alicyclic amines) is 1. The molecule has 0 radical (unpaired) electrons. The SMILES string of the molecule is O=C(NC1CCN(C2CC2)C1)C(F)(F)C(F)F. The molecular formula is C10H14F4N2O. The molecule has 1 saturated carbocycles. The van der Waals surface area contributed by atoms with Crippen LogP contribution in [0.5, 0.6) is 0 Å². The van der Waals surface area contributed by atoms with Crippen LogP contribution in [-0.4, -0.2) is 48.3 Å². The van der Waals surface area contributed by atoms with Crippen molar-refractivity contribution in [2.75, 3.05) is 13.1 Å². The lowest BCUT2D eigenvalue weighted by molar-refractivity contribution is -0.170. The monoisotopic (exact) mass is 254 g/mol. The van der Waals surface area contributed by atoms with Crippen molar-refractivity contribution in [1.29, 1.82) is 0 Å². The van der Waals surface area contributed by atoms with Crippen molar-refractivity contribution in [1.82, 2.24) is 10.2 Å². The molecule has 0 aromatic rings. The molecule has 3 nitrogen and oxygen atoms in total. The number of hydrogen-bond donors (Lipinski definition) is 1. The van der Waals surface area contributed by atoms with Crippen LogP contribution < -0.4 is 5.32 Å². The van der Waals surface area contributed by atoms with Crippen molar-refractivity contribution in [3.05, 3.63) is 0 Å². The predicted octanol–water partition coefficient (Wildman–Crippen LogP) is 1.24. The van der Waals surface area contributed by atoms with Gasteiger partial charge in [-0.05, 0) is 19.3 Å². The van der Waals surface area contributed by atoms with Crippen molar-refractivity contribution in [3.63, 3.8) is 0 Å². The second-order valence-electron chi connectivity index (χ2n) is 4.61. The quantitative estimate of drug-likeness (QED) is 0.765. The average molecular weight is 254 g/mol. The highest BCUT2D eigenvalue weighted by atomic mass is 19.3. The Kier molecular flexibility index (Phi) is 3.29. The van der Waals surface area contributed by atoms with E-state index >= 15 is 0 Å². The molecule has 1 saturated heterocycles. The summed E-state index contributed by atoms with van der Waals surface area (Å²) >= 11 is 0. The van der Waals surface area contributed by atoms with Gasteiger partial charge in [0.05, 0.1) is 0 Å². The van der Waals surface area contributed by atoms with Gasteiger partial charge in [-0.2, -0.15) is 8.78 Å². The third-order valence-corrected chi connectivity index (χ3v) is 3.19. The Labute approximate surface area is 96.1 Å². The Hall–Kier alpha value is -0.850. The maximum atomic E-state index is 12.7. The smallest absolute Gasteiger partial charge is 0.347 e. The van der Waals surface area contributed by atoms with E-state index in [-0.39, 0.29) is 0 Å². The fourth-order valence-corrected chi connectivity index (χ4v) is 2.06. The number of rotatable bonds is 4. The van der Waals surface area contributed by atoms with E-state index in [1.807, 2.05) is 5.32 Å². The molecule has 1 N–H and O–H groups in total. The van der Waals surface area contributed by atoms with Gasteiger partial charge in [0.2, 0.25) is 0 Å². The molecule has 2 fully saturated rings. The van der Waals surface area contributed by atoms with Gasteiger partial charge in [0.1, 0.15) is 0 Å². The van der Waals surface area contributed by atoms with E-state index < -0.39 is 24.3 Å². The van der Waals surface area contributed by atoms with Gasteiger partial charge < -0.3 is 5.32 Å². The van der Waals surface area contributed by atoms with Crippen LogP contribution in [-0.2, 0) is 4.79 Å². The maximum Gasteiger partial charge on any atom is 0.383 e. The van der Waals surface area contributed by atoms with E-state index in [1.54, 1.807) is 0 Å². The molecule has 1 unspecified atom stereocenters. The second-order valence-corrected chi connectivity index (χ2v) is 4.61. The summed E-state index contributed by atoms with van der Waals surface area (Å²) in [4.78, 5) is 13.1. The van der Waals surface area contributed by atoms with Crippen LogP contribution >= 0.6 is 0 Å². The zero-order valence-corrected chi connectivity index (χ0v) is 9.13. The van der Waals surface area contributed by atoms with Crippen LogP contribution in [0.4, 0.5) is 17.6 Å². The van der Waals surface area contributed by atoms with Crippen molar-refractivity contribution in [3.8, 4) is 0 Å². The normalized spacial score (nSPS) is 26.5. The van der Waals surface area contributed by atoms with Gasteiger partial charge in [0.25, 0.3) is 5.91 Å². The first-order valence-corrected chi connectivity index (χ1v) is 5.62. The molecule has 7 heteroatoms. The number of nitrogens with zero attached hydrogens (tertiary/aromatic N) is 1. The van der Waals surface area contributed by atoms with Gasteiger partial charge in [-0.15, -0.1) is 0 Å². The lowest BCUT2D eigenvalue weighted by Crippen LogP contribution is -2.49. The molecule has 0 aromatic carbocycles. The Balaban J connectivity index is 1.83. The van der Waals surface area contributed by atoms with Gasteiger partial charge >= 0.3 is 12.3 Å². The number of carbonyl (C=O) groups excluding carboxylic acids is 1. The molecule has 0 spiro atoms. The number of carbonyl (C=O) groups is 1. The Morgan fingerprint density at radius 3 is 2.47 bits per heavy atom. The van der Waals surface area contributed by atoms with Gasteiger partial charge in [-0.1, -0.05) is 0 Å². The molecule has 2 rings (SSSR count). The van der Waals surface area contributed by atoms with E-state index in [1.165, 1.54) is 0 Å². The van der Waals surface area contributed by atoms with E-state index in [9.17, 15) is 22.4 Å². The lowest BCUT2D eigenvalue weighted by Gasteiger charge is -2.19. The Morgan fingerprint density at radius 2 is 1.94 bits per heavy atom. The summed E-state index contributed by atoms with van der Waals surface area (Å²) in [5, 5.41) is 2.00. The molecule has 1 heterocycles. The minimum Gasteiger partial charge on any atom is -0.347 e. The molecule has 2 aliphatic rings. The van der Waals surface area contributed by atoms with Gasteiger partial charge in [0, 0.05) is 25.2 Å². The minimum atomic E-state index is -4.59. The van der Waals surface area contributed by atoms with Crippen LogP contribution in [0.25, 0.3) is 0 Å². The largest absolute Gasteiger partial charge is 0.383 e. The molecular weight excluding hydrogens is 240 g/mol. The van der Waals surface area contributed by atoms with Gasteiger partial charge in [-0.3, -0.25) is 9.69 Å². The third kappa shape index (κ3) is 2.70. The summed E-state index contributed by atoms with van der Waals surface area (Å²) in [6.07, 6.45) is -1.23. The van der Waals surface area contributed by atoms with E-state index in [0.717, 1.165) is 19.4 Å². The number of alkyl halides is 4. The summed E-state index contributed by atoms with van der Waals surface area (Å²) < 4.78 is 49.2. The maximum absolute atomic E-state index is 12.7. The van der Waals surface area contributed by atoms with E-state index in [0.29, 0.717) is 19.0 Å². The standard InChI is InChI=1S/C10H14F4N2O/c11-8(12)10(13,14)9(17)15-6-3-4-16(5-6)7-1-2-7/h6-8H,1-5H2,(H,15,17). The minimum absolute atomic E-state index is 0.437.